The molecule has 12 nitrogen and oxygen atoms in total. The van der Waals surface area contributed by atoms with Gasteiger partial charge in [0, 0.05) is 21.9 Å². The van der Waals surface area contributed by atoms with Crippen LogP contribution in [0.5, 0.6) is 0 Å². The van der Waals surface area contributed by atoms with Crippen LogP contribution in [0.4, 0.5) is 0 Å². The maximum atomic E-state index is 11.8. The minimum Gasteiger partial charge on any atom is -0.459 e. The third-order valence-corrected chi connectivity index (χ3v) is 10.1. The number of esters is 1. The van der Waals surface area contributed by atoms with E-state index in [1.807, 2.05) is 41.5 Å². The molecule has 2 aliphatic heterocycles. The van der Waals surface area contributed by atoms with E-state index in [1.165, 1.54) is 6.92 Å². The molecular formula is C16H28N4O8Si. The molecule has 2 heterocycles. The Hall–Kier alpha value is -1.92. The molecule has 1 unspecified atom stereocenters. The molecule has 0 aromatic heterocycles. The summed E-state index contributed by atoms with van der Waals surface area (Å²) in [5.74, 6) is -0.650. The fourth-order valence-electron chi connectivity index (χ4n) is 4.18. The molecule has 13 heteroatoms. The molecule has 0 aromatic carbocycles. The van der Waals surface area contributed by atoms with Gasteiger partial charge in [0.2, 0.25) is 6.29 Å². The number of carbonyl (C=O) groups excluding carboxylic acids is 1. The fourth-order valence-corrected chi connectivity index (χ4v) is 9.14. The molecule has 0 bridgehead atoms. The van der Waals surface area contributed by atoms with E-state index in [9.17, 15) is 14.9 Å². The number of hydrogen-bond donors (Lipinski definition) is 0. The number of fused-ring (bicyclic) bond motifs is 1. The largest absolute Gasteiger partial charge is 0.459 e. The van der Waals surface area contributed by atoms with E-state index in [1.54, 1.807) is 0 Å². The fraction of sp³-hybridized carbons (Fsp3) is 0.938. The average molecular weight is 433 g/mol. The number of nitrogens with zero attached hydrogens (tertiary/aromatic N) is 4. The van der Waals surface area contributed by atoms with E-state index in [0.717, 1.165) is 0 Å². The predicted octanol–water partition coefficient (Wildman–Crippen LogP) is 2.99. The Labute approximate surface area is 169 Å². The maximum Gasteiger partial charge on any atom is 0.349 e. The van der Waals surface area contributed by atoms with Gasteiger partial charge in [-0.25, -0.2) is 0 Å². The minimum atomic E-state index is -2.97. The van der Waals surface area contributed by atoms with Crippen LogP contribution in [0.25, 0.3) is 10.4 Å². The van der Waals surface area contributed by atoms with Crippen LogP contribution in [0, 0.1) is 10.1 Å². The van der Waals surface area contributed by atoms with E-state index < -0.39 is 50.3 Å². The van der Waals surface area contributed by atoms with Crippen molar-refractivity contribution in [1.82, 2.24) is 0 Å². The van der Waals surface area contributed by atoms with E-state index in [4.69, 9.17) is 23.9 Å². The Morgan fingerprint density at radius 2 is 1.86 bits per heavy atom. The second-order valence-electron chi connectivity index (χ2n) is 9.15. The molecule has 29 heavy (non-hydrogen) atoms. The highest BCUT2D eigenvalue weighted by Gasteiger charge is 2.65. The van der Waals surface area contributed by atoms with Gasteiger partial charge in [0.1, 0.15) is 24.4 Å². The van der Waals surface area contributed by atoms with Gasteiger partial charge in [-0.1, -0.05) is 46.7 Å². The monoisotopic (exact) mass is 432 g/mol. The van der Waals surface area contributed by atoms with Crippen molar-refractivity contribution in [3.63, 3.8) is 0 Å². The molecule has 0 aliphatic carbocycles. The summed E-state index contributed by atoms with van der Waals surface area (Å²) in [5.41, 5.74) is 8.96. The summed E-state index contributed by atoms with van der Waals surface area (Å²) in [4.78, 5) is 29.9. The van der Waals surface area contributed by atoms with Gasteiger partial charge in [-0.15, -0.1) is 10.1 Å². The zero-order valence-corrected chi connectivity index (χ0v) is 18.6. The number of azide groups is 1. The van der Waals surface area contributed by atoms with Crippen LogP contribution in [0.3, 0.4) is 0 Å². The Morgan fingerprint density at radius 3 is 2.31 bits per heavy atom. The average Bonchev–Trinajstić information content (AvgIpc) is 2.54. The first-order valence-electron chi connectivity index (χ1n) is 9.23. The first kappa shape index (κ1) is 23.4. The van der Waals surface area contributed by atoms with E-state index in [0.29, 0.717) is 0 Å². The Kier molecular flexibility index (Phi) is 6.50. The molecule has 2 saturated heterocycles. The van der Waals surface area contributed by atoms with Crippen LogP contribution in [-0.4, -0.2) is 56.9 Å². The first-order chi connectivity index (χ1) is 13.2. The lowest BCUT2D eigenvalue weighted by atomic mass is 9.97. The lowest BCUT2D eigenvalue weighted by Gasteiger charge is -2.57. The third kappa shape index (κ3) is 4.48. The Morgan fingerprint density at radius 1 is 1.28 bits per heavy atom. The van der Waals surface area contributed by atoms with Gasteiger partial charge in [-0.05, 0) is 5.53 Å². The SMILES string of the molecule is CC(=O)O[C@H]1[C@@H]2O[Si](C(C)(C)C)(C(C)(C)C)OC[C@H]2OC(O[N+](=O)[O-])[C@H]1N=[N+]=[N-]. The highest BCUT2D eigenvalue weighted by atomic mass is 28.4. The van der Waals surface area contributed by atoms with Gasteiger partial charge in [0.05, 0.1) is 6.61 Å². The lowest BCUT2D eigenvalue weighted by molar-refractivity contribution is -0.783. The van der Waals surface area contributed by atoms with Crippen molar-refractivity contribution in [3.8, 4) is 0 Å². The van der Waals surface area contributed by atoms with E-state index in [-0.39, 0.29) is 16.7 Å². The van der Waals surface area contributed by atoms with Crippen LogP contribution >= 0.6 is 0 Å². The summed E-state index contributed by atoms with van der Waals surface area (Å²) in [6.07, 6.45) is -4.33. The zero-order chi connectivity index (χ0) is 22.2. The maximum absolute atomic E-state index is 11.8. The van der Waals surface area contributed by atoms with Crippen molar-refractivity contribution in [1.29, 1.82) is 0 Å². The highest BCUT2D eigenvalue weighted by Crippen LogP contribution is 2.55. The van der Waals surface area contributed by atoms with Crippen molar-refractivity contribution in [2.75, 3.05) is 6.61 Å². The Balaban J connectivity index is 2.51. The van der Waals surface area contributed by atoms with Crippen LogP contribution in [0.15, 0.2) is 5.11 Å². The van der Waals surface area contributed by atoms with Gasteiger partial charge < -0.3 is 18.3 Å². The van der Waals surface area contributed by atoms with Crippen molar-refractivity contribution in [2.24, 2.45) is 5.11 Å². The van der Waals surface area contributed by atoms with Crippen molar-refractivity contribution in [3.05, 3.63) is 20.6 Å². The molecule has 2 fully saturated rings. The molecule has 0 N–H and O–H groups in total. The van der Waals surface area contributed by atoms with Crippen molar-refractivity contribution >= 4 is 14.5 Å². The molecule has 164 valence electrons. The van der Waals surface area contributed by atoms with E-state index in [2.05, 4.69) is 14.9 Å². The molecule has 5 atom stereocenters. The second kappa shape index (κ2) is 8.07. The molecular weight excluding hydrogens is 404 g/mol. The molecule has 0 amide bonds. The smallest absolute Gasteiger partial charge is 0.349 e. The van der Waals surface area contributed by atoms with Crippen molar-refractivity contribution in [2.45, 2.75) is 89.2 Å². The lowest BCUT2D eigenvalue weighted by Crippen LogP contribution is -2.71. The predicted molar refractivity (Wildman–Crippen MR) is 101 cm³/mol. The topological polar surface area (TPSA) is 155 Å². The molecule has 0 spiro atoms. The van der Waals surface area contributed by atoms with Gasteiger partial charge in [0.25, 0.3) is 5.09 Å². The van der Waals surface area contributed by atoms with Crippen LogP contribution in [-0.2, 0) is 28.0 Å². The second-order valence-corrected chi connectivity index (χ2v) is 13.9. The summed E-state index contributed by atoms with van der Waals surface area (Å²) in [6, 6.07) is -1.31. The summed E-state index contributed by atoms with van der Waals surface area (Å²) in [6.45, 7) is 13.3. The molecule has 0 radical (unpaired) electrons. The Bertz CT molecular complexity index is 686. The van der Waals surface area contributed by atoms with Gasteiger partial charge in [-0.2, -0.15) is 0 Å². The van der Waals surface area contributed by atoms with Crippen molar-refractivity contribution < 1.29 is 33.0 Å². The summed E-state index contributed by atoms with van der Waals surface area (Å²) in [7, 11) is -2.97. The van der Waals surface area contributed by atoms with Gasteiger partial charge in [-0.3, -0.25) is 9.63 Å². The summed E-state index contributed by atoms with van der Waals surface area (Å²) >= 11 is 0. The quantitative estimate of drug-likeness (QED) is 0.125. The van der Waals surface area contributed by atoms with Gasteiger partial charge >= 0.3 is 14.5 Å². The first-order valence-corrected chi connectivity index (χ1v) is 11.0. The molecule has 2 aliphatic rings. The number of ether oxygens (including phenoxy) is 2. The highest BCUT2D eigenvalue weighted by molar-refractivity contribution is 6.73. The summed E-state index contributed by atoms with van der Waals surface area (Å²) in [5, 5.41) is 12.7. The van der Waals surface area contributed by atoms with Crippen LogP contribution in [0.1, 0.15) is 48.5 Å². The molecule has 2 rings (SSSR count). The number of hydrogen-bond acceptors (Lipinski definition) is 9. The number of carbonyl (C=O) groups is 1. The summed E-state index contributed by atoms with van der Waals surface area (Å²) < 4.78 is 23.9. The minimum absolute atomic E-state index is 0.0732. The van der Waals surface area contributed by atoms with Crippen LogP contribution in [0.2, 0.25) is 10.1 Å². The number of rotatable bonds is 4. The normalized spacial score (nSPS) is 31.8. The standard InChI is InChI=1S/C16H28N4O8Si/c1-9(21)25-13-11(18-19-17)14(27-20(22)23)26-10-8-24-29(15(2,3)4,16(5,6)7)28-12(10)13/h10-14H,8H2,1-7H3/t10-,11+,12-,13-,14?/m1/s1. The van der Waals surface area contributed by atoms with Gasteiger partial charge in [0.15, 0.2) is 0 Å². The molecule has 0 aromatic rings. The van der Waals surface area contributed by atoms with E-state index >= 15 is 0 Å². The zero-order valence-electron chi connectivity index (χ0n) is 17.6. The van der Waals surface area contributed by atoms with Crippen LogP contribution < -0.4 is 0 Å². The third-order valence-electron chi connectivity index (χ3n) is 5.02. The molecule has 0 saturated carbocycles.